The topological polar surface area (TPSA) is 77.8 Å². The van der Waals surface area contributed by atoms with Crippen LogP contribution in [0.1, 0.15) is 81.3 Å². The third-order valence-electron chi connectivity index (χ3n) is 5.26. The Labute approximate surface area is 160 Å². The van der Waals surface area contributed by atoms with Crippen LogP contribution >= 0.6 is 11.3 Å². The number of carboxylic acids is 1. The van der Waals surface area contributed by atoms with Crippen LogP contribution in [-0.2, 0) is 4.79 Å². The number of aliphatic hydroxyl groups is 1. The molecule has 146 valence electrons. The highest BCUT2D eigenvalue weighted by atomic mass is 32.1. The Morgan fingerprint density at radius 3 is 2.46 bits per heavy atom. The molecule has 1 aliphatic rings. The highest BCUT2D eigenvalue weighted by Gasteiger charge is 2.35. The van der Waals surface area contributed by atoms with Gasteiger partial charge in [0.1, 0.15) is 4.88 Å². The summed E-state index contributed by atoms with van der Waals surface area (Å²) in [4.78, 5) is 27.1. The molecule has 0 saturated heterocycles. The summed E-state index contributed by atoms with van der Waals surface area (Å²) in [6.45, 7) is 4.20. The zero-order valence-electron chi connectivity index (χ0n) is 15.8. The molecular weight excluding hydrogens is 350 g/mol. The van der Waals surface area contributed by atoms with Crippen molar-refractivity contribution in [3.05, 3.63) is 16.3 Å². The second-order valence-electron chi connectivity index (χ2n) is 7.24. The third-order valence-corrected chi connectivity index (χ3v) is 6.15. The fraction of sp³-hybridized carbons (Fsp3) is 0.700. The first-order chi connectivity index (χ1) is 12.5. The van der Waals surface area contributed by atoms with Crippen molar-refractivity contribution < 1.29 is 19.8 Å². The van der Waals surface area contributed by atoms with Crippen molar-refractivity contribution in [2.24, 2.45) is 5.92 Å². The standard InChI is InChI=1S/C20H31NO4S/c1-3-5-7-14(6-4-2)19(23)21(15-8-10-16(22)11-9-15)17-12-13-26-18(17)20(24)25/h12-16,22H,3-11H2,1-2H3,(H,24,25). The molecule has 1 fully saturated rings. The molecule has 1 heterocycles. The van der Waals surface area contributed by atoms with Gasteiger partial charge in [-0.3, -0.25) is 4.79 Å². The summed E-state index contributed by atoms with van der Waals surface area (Å²) in [7, 11) is 0. The Morgan fingerprint density at radius 2 is 1.88 bits per heavy atom. The van der Waals surface area contributed by atoms with E-state index in [4.69, 9.17) is 0 Å². The summed E-state index contributed by atoms with van der Waals surface area (Å²) in [5.74, 6) is -0.986. The Morgan fingerprint density at radius 1 is 1.19 bits per heavy atom. The van der Waals surface area contributed by atoms with Crippen LogP contribution in [0.3, 0.4) is 0 Å². The predicted molar refractivity (Wildman–Crippen MR) is 105 cm³/mol. The molecule has 5 nitrogen and oxygen atoms in total. The molecular formula is C20H31NO4S. The minimum Gasteiger partial charge on any atom is -0.477 e. The van der Waals surface area contributed by atoms with E-state index in [9.17, 15) is 19.8 Å². The number of carboxylic acid groups (broad SMARTS) is 1. The maximum absolute atomic E-state index is 13.5. The zero-order valence-corrected chi connectivity index (χ0v) is 16.6. The summed E-state index contributed by atoms with van der Waals surface area (Å²) in [6, 6.07) is 1.74. The van der Waals surface area contributed by atoms with Crippen molar-refractivity contribution in [2.75, 3.05) is 4.90 Å². The largest absolute Gasteiger partial charge is 0.477 e. The molecule has 26 heavy (non-hydrogen) atoms. The zero-order chi connectivity index (χ0) is 19.1. The third kappa shape index (κ3) is 5.07. The van der Waals surface area contributed by atoms with Crippen LogP contribution in [0.2, 0.25) is 0 Å². The molecule has 0 bridgehead atoms. The number of hydrogen-bond donors (Lipinski definition) is 2. The lowest BCUT2D eigenvalue weighted by molar-refractivity contribution is -0.123. The molecule has 0 radical (unpaired) electrons. The van der Waals surface area contributed by atoms with Gasteiger partial charge in [-0.05, 0) is 50.0 Å². The second-order valence-corrected chi connectivity index (χ2v) is 8.15. The van der Waals surface area contributed by atoms with Crippen molar-refractivity contribution in [1.29, 1.82) is 0 Å². The van der Waals surface area contributed by atoms with Crippen LogP contribution in [-0.4, -0.2) is 34.2 Å². The summed E-state index contributed by atoms with van der Waals surface area (Å²) in [5.41, 5.74) is 0.534. The molecule has 1 saturated carbocycles. The van der Waals surface area contributed by atoms with Gasteiger partial charge in [0.05, 0.1) is 11.8 Å². The summed E-state index contributed by atoms with van der Waals surface area (Å²) in [6.07, 6.45) is 7.11. The molecule has 1 aliphatic carbocycles. The number of nitrogens with zero attached hydrogens (tertiary/aromatic N) is 1. The first-order valence-electron chi connectivity index (χ1n) is 9.81. The lowest BCUT2D eigenvalue weighted by Gasteiger charge is -2.37. The van der Waals surface area contributed by atoms with E-state index in [1.165, 1.54) is 11.3 Å². The van der Waals surface area contributed by atoms with Crippen molar-refractivity contribution in [3.63, 3.8) is 0 Å². The minimum absolute atomic E-state index is 0.0282. The molecule has 0 spiro atoms. The molecule has 1 amide bonds. The Bertz CT molecular complexity index is 592. The van der Waals surface area contributed by atoms with Gasteiger partial charge >= 0.3 is 5.97 Å². The molecule has 2 N–H and O–H groups in total. The molecule has 6 heteroatoms. The van der Waals surface area contributed by atoms with Gasteiger partial charge in [0.2, 0.25) is 5.91 Å². The highest BCUT2D eigenvalue weighted by Crippen LogP contribution is 2.35. The van der Waals surface area contributed by atoms with E-state index >= 15 is 0 Å². The predicted octanol–water partition coefficient (Wildman–Crippen LogP) is 4.69. The van der Waals surface area contributed by atoms with E-state index in [-0.39, 0.29) is 28.8 Å². The van der Waals surface area contributed by atoms with Crippen LogP contribution in [0.15, 0.2) is 11.4 Å². The molecule has 1 aromatic heterocycles. The summed E-state index contributed by atoms with van der Waals surface area (Å²) < 4.78 is 0. The van der Waals surface area contributed by atoms with Gasteiger partial charge in [0, 0.05) is 12.0 Å². The minimum atomic E-state index is -0.982. The van der Waals surface area contributed by atoms with E-state index in [0.717, 1.165) is 32.1 Å². The number of hydrogen-bond acceptors (Lipinski definition) is 4. The lowest BCUT2D eigenvalue weighted by Crippen LogP contribution is -2.46. The molecule has 1 unspecified atom stereocenters. The molecule has 2 rings (SSSR count). The van der Waals surface area contributed by atoms with Crippen molar-refractivity contribution in [1.82, 2.24) is 0 Å². The van der Waals surface area contributed by atoms with Crippen LogP contribution in [0, 0.1) is 5.92 Å². The number of carbonyl (C=O) groups is 2. The molecule has 0 aromatic carbocycles. The molecule has 1 atom stereocenters. The monoisotopic (exact) mass is 381 g/mol. The average molecular weight is 382 g/mol. The normalized spacial score (nSPS) is 21.3. The van der Waals surface area contributed by atoms with Crippen LogP contribution in [0.25, 0.3) is 0 Å². The van der Waals surface area contributed by atoms with Gasteiger partial charge in [0.15, 0.2) is 0 Å². The first kappa shape index (κ1) is 20.9. The number of aliphatic hydroxyl groups excluding tert-OH is 1. The van der Waals surface area contributed by atoms with Gasteiger partial charge in [-0.15, -0.1) is 11.3 Å². The van der Waals surface area contributed by atoms with Crippen molar-refractivity contribution in [2.45, 2.75) is 83.8 Å². The summed E-state index contributed by atoms with van der Waals surface area (Å²) in [5, 5.41) is 21.1. The fourth-order valence-corrected chi connectivity index (χ4v) is 4.57. The molecule has 1 aromatic rings. The maximum Gasteiger partial charge on any atom is 0.348 e. The van der Waals surface area contributed by atoms with Gasteiger partial charge in [-0.2, -0.15) is 0 Å². The van der Waals surface area contributed by atoms with E-state index in [1.54, 1.807) is 16.3 Å². The number of aromatic carboxylic acids is 1. The Hall–Kier alpha value is -1.40. The van der Waals surface area contributed by atoms with Crippen molar-refractivity contribution in [3.8, 4) is 0 Å². The van der Waals surface area contributed by atoms with Gasteiger partial charge in [0.25, 0.3) is 0 Å². The van der Waals surface area contributed by atoms with Gasteiger partial charge < -0.3 is 15.1 Å². The summed E-state index contributed by atoms with van der Waals surface area (Å²) >= 11 is 1.17. The quantitative estimate of drug-likeness (QED) is 0.650. The Kier molecular flexibility index (Phi) is 8.10. The van der Waals surface area contributed by atoms with Crippen LogP contribution < -0.4 is 4.90 Å². The lowest BCUT2D eigenvalue weighted by atomic mass is 9.89. The SMILES string of the molecule is CCCCC(CCC)C(=O)N(c1ccsc1C(=O)O)C1CCC(O)CC1. The number of rotatable bonds is 9. The van der Waals surface area contributed by atoms with Gasteiger partial charge in [-0.1, -0.05) is 33.1 Å². The number of unbranched alkanes of at least 4 members (excludes halogenated alkanes) is 1. The van der Waals surface area contributed by atoms with E-state index in [0.29, 0.717) is 31.4 Å². The van der Waals surface area contributed by atoms with Crippen LogP contribution in [0.4, 0.5) is 5.69 Å². The first-order valence-corrected chi connectivity index (χ1v) is 10.7. The van der Waals surface area contributed by atoms with Crippen molar-refractivity contribution >= 4 is 28.9 Å². The number of anilines is 1. The van der Waals surface area contributed by atoms with Gasteiger partial charge in [-0.25, -0.2) is 4.79 Å². The second kappa shape index (κ2) is 10.1. The maximum atomic E-state index is 13.5. The highest BCUT2D eigenvalue weighted by molar-refractivity contribution is 7.12. The molecule has 0 aliphatic heterocycles. The Balaban J connectivity index is 2.33. The number of thiophene rings is 1. The van der Waals surface area contributed by atoms with Crippen LogP contribution in [0.5, 0.6) is 0 Å². The number of amides is 1. The van der Waals surface area contributed by atoms with E-state index in [1.807, 2.05) is 0 Å². The van der Waals surface area contributed by atoms with E-state index in [2.05, 4.69) is 13.8 Å². The van der Waals surface area contributed by atoms with E-state index < -0.39 is 5.97 Å². The number of carbonyl (C=O) groups excluding carboxylic acids is 1. The average Bonchev–Trinajstić information content (AvgIpc) is 3.10. The fourth-order valence-electron chi connectivity index (χ4n) is 3.85. The smallest absolute Gasteiger partial charge is 0.348 e.